The molecular formula is C5H14N4O. The van der Waals surface area contributed by atoms with Crippen molar-refractivity contribution in [1.29, 1.82) is 0 Å². The van der Waals surface area contributed by atoms with E-state index in [1.54, 1.807) is 19.1 Å². The van der Waals surface area contributed by atoms with E-state index >= 15 is 0 Å². The fourth-order valence-corrected chi connectivity index (χ4v) is 0.441. The minimum atomic E-state index is 0.317. The van der Waals surface area contributed by atoms with Gasteiger partial charge in [-0.1, -0.05) is 0 Å². The van der Waals surface area contributed by atoms with Crippen LogP contribution in [0.1, 0.15) is 0 Å². The van der Waals surface area contributed by atoms with Gasteiger partial charge in [0.05, 0.1) is 6.61 Å². The van der Waals surface area contributed by atoms with Crippen molar-refractivity contribution in [3.05, 3.63) is 0 Å². The summed E-state index contributed by atoms with van der Waals surface area (Å²) in [6.45, 7) is 1.32. The molecule has 0 unspecified atom stereocenters. The fraction of sp³-hybridized carbons (Fsp3) is 0.800. The molecule has 0 aliphatic rings. The molecule has 0 rings (SSSR count). The van der Waals surface area contributed by atoms with Gasteiger partial charge in [0.25, 0.3) is 0 Å². The summed E-state index contributed by atoms with van der Waals surface area (Å²) >= 11 is 0. The van der Waals surface area contributed by atoms with Crippen LogP contribution in [0.3, 0.4) is 0 Å². The normalized spacial score (nSPS) is 11.6. The van der Waals surface area contributed by atoms with Crippen LogP contribution >= 0.6 is 0 Å². The van der Waals surface area contributed by atoms with E-state index in [4.69, 9.17) is 16.3 Å². The number of hydrazone groups is 1. The second-order valence-corrected chi connectivity index (χ2v) is 1.90. The molecule has 5 nitrogen and oxygen atoms in total. The van der Waals surface area contributed by atoms with Crippen LogP contribution in [0.15, 0.2) is 5.10 Å². The largest absolute Gasteiger partial charge is 0.383 e. The van der Waals surface area contributed by atoms with Gasteiger partial charge in [-0.15, -0.1) is 5.10 Å². The van der Waals surface area contributed by atoms with Crippen LogP contribution in [0.25, 0.3) is 0 Å². The summed E-state index contributed by atoms with van der Waals surface area (Å²) in [6.07, 6.45) is 0. The van der Waals surface area contributed by atoms with Gasteiger partial charge in [-0.3, -0.25) is 0 Å². The van der Waals surface area contributed by atoms with E-state index < -0.39 is 0 Å². The molecule has 0 bridgehead atoms. The first kappa shape index (κ1) is 9.03. The third-order valence-electron chi connectivity index (χ3n) is 1.15. The van der Waals surface area contributed by atoms with Gasteiger partial charge >= 0.3 is 0 Å². The number of rotatable bonds is 3. The lowest BCUT2D eigenvalue weighted by molar-refractivity contribution is 0.182. The molecule has 0 aromatic heterocycles. The van der Waals surface area contributed by atoms with Crippen molar-refractivity contribution in [2.45, 2.75) is 0 Å². The van der Waals surface area contributed by atoms with E-state index in [1.807, 2.05) is 0 Å². The van der Waals surface area contributed by atoms with Crippen molar-refractivity contribution in [3.8, 4) is 0 Å². The highest BCUT2D eigenvalue weighted by molar-refractivity contribution is 5.77. The average Bonchev–Trinajstić information content (AvgIpc) is 1.98. The first-order valence-corrected chi connectivity index (χ1v) is 2.95. The Morgan fingerprint density at radius 2 is 2.30 bits per heavy atom. The van der Waals surface area contributed by atoms with Crippen LogP contribution < -0.4 is 11.6 Å². The van der Waals surface area contributed by atoms with E-state index in [-0.39, 0.29) is 0 Å². The third kappa shape index (κ3) is 3.13. The van der Waals surface area contributed by atoms with E-state index in [0.717, 1.165) is 0 Å². The zero-order valence-corrected chi connectivity index (χ0v) is 6.37. The Kier molecular flexibility index (Phi) is 4.39. The summed E-state index contributed by atoms with van der Waals surface area (Å²) in [5, 5.41) is 3.31. The number of guanidine groups is 1. The van der Waals surface area contributed by atoms with E-state index in [1.165, 1.54) is 0 Å². The van der Waals surface area contributed by atoms with Crippen molar-refractivity contribution >= 4 is 5.96 Å². The molecule has 10 heavy (non-hydrogen) atoms. The van der Waals surface area contributed by atoms with Gasteiger partial charge in [-0.05, 0) is 0 Å². The Bertz CT molecular complexity index is 114. The lowest BCUT2D eigenvalue weighted by Gasteiger charge is -2.15. The summed E-state index contributed by atoms with van der Waals surface area (Å²) in [5.41, 5.74) is 5.35. The summed E-state index contributed by atoms with van der Waals surface area (Å²) in [5.74, 6) is 5.24. The summed E-state index contributed by atoms with van der Waals surface area (Å²) in [6, 6.07) is 0. The lowest BCUT2D eigenvalue weighted by atomic mass is 10.6. The van der Waals surface area contributed by atoms with Crippen molar-refractivity contribution in [1.82, 2.24) is 4.90 Å². The lowest BCUT2D eigenvalue weighted by Crippen LogP contribution is -2.36. The monoisotopic (exact) mass is 146 g/mol. The van der Waals surface area contributed by atoms with Crippen molar-refractivity contribution < 1.29 is 4.74 Å². The van der Waals surface area contributed by atoms with Crippen molar-refractivity contribution in [2.24, 2.45) is 16.7 Å². The smallest absolute Gasteiger partial charge is 0.213 e. The molecule has 0 aliphatic carbocycles. The summed E-state index contributed by atoms with van der Waals surface area (Å²) in [7, 11) is 3.42. The predicted octanol–water partition coefficient (Wildman–Crippen LogP) is -1.25. The van der Waals surface area contributed by atoms with Crippen molar-refractivity contribution in [2.75, 3.05) is 27.3 Å². The highest BCUT2D eigenvalue weighted by atomic mass is 16.5. The quantitative estimate of drug-likeness (QED) is 0.226. The highest BCUT2D eigenvalue weighted by Crippen LogP contribution is 1.79. The molecule has 4 N–H and O–H groups in total. The maximum Gasteiger partial charge on any atom is 0.213 e. The average molecular weight is 146 g/mol. The van der Waals surface area contributed by atoms with Gasteiger partial charge in [0.1, 0.15) is 0 Å². The SMILES string of the molecule is COCCN(C)C(N)=NN. The number of nitrogens with zero attached hydrogens (tertiary/aromatic N) is 2. The molecule has 0 aromatic rings. The van der Waals surface area contributed by atoms with Crippen molar-refractivity contribution in [3.63, 3.8) is 0 Å². The molecule has 0 saturated heterocycles. The van der Waals surface area contributed by atoms with Gasteiger partial charge in [0.2, 0.25) is 5.96 Å². The second-order valence-electron chi connectivity index (χ2n) is 1.90. The van der Waals surface area contributed by atoms with Gasteiger partial charge in [0, 0.05) is 20.7 Å². The molecule has 0 heterocycles. The summed E-state index contributed by atoms with van der Waals surface area (Å²) < 4.78 is 4.81. The maximum absolute atomic E-state index is 5.35. The Morgan fingerprint density at radius 1 is 1.70 bits per heavy atom. The Morgan fingerprint density at radius 3 is 2.70 bits per heavy atom. The van der Waals surface area contributed by atoms with Gasteiger partial charge in [0.15, 0.2) is 0 Å². The molecule has 0 amide bonds. The predicted molar refractivity (Wildman–Crippen MR) is 40.3 cm³/mol. The molecule has 0 aliphatic heterocycles. The van der Waals surface area contributed by atoms with Crippen LogP contribution in [0.4, 0.5) is 0 Å². The van der Waals surface area contributed by atoms with Crippen LogP contribution in [-0.2, 0) is 4.74 Å². The molecule has 0 radical (unpaired) electrons. The third-order valence-corrected chi connectivity index (χ3v) is 1.15. The molecular weight excluding hydrogens is 132 g/mol. The maximum atomic E-state index is 5.35. The second kappa shape index (κ2) is 4.87. The zero-order chi connectivity index (χ0) is 7.98. The summed E-state index contributed by atoms with van der Waals surface area (Å²) in [4.78, 5) is 1.71. The topological polar surface area (TPSA) is 76.9 Å². The zero-order valence-electron chi connectivity index (χ0n) is 6.37. The number of hydrogen-bond donors (Lipinski definition) is 2. The van der Waals surface area contributed by atoms with E-state index in [9.17, 15) is 0 Å². The first-order chi connectivity index (χ1) is 4.72. The highest BCUT2D eigenvalue weighted by Gasteiger charge is 1.98. The minimum absolute atomic E-state index is 0.317. The molecule has 0 spiro atoms. The molecule has 5 heteroatoms. The number of hydrogen-bond acceptors (Lipinski definition) is 3. The standard InChI is InChI=1S/C5H14N4O/c1-9(3-4-10-2)5(6)8-7/h3-4,7H2,1-2H3,(H2,6,8). The Balaban J connectivity index is 3.51. The first-order valence-electron chi connectivity index (χ1n) is 2.95. The number of likely N-dealkylation sites (N-methyl/N-ethyl adjacent to an activating group) is 1. The van der Waals surface area contributed by atoms with Gasteiger partial charge in [-0.25, -0.2) is 0 Å². The van der Waals surface area contributed by atoms with E-state index in [0.29, 0.717) is 19.1 Å². The van der Waals surface area contributed by atoms with E-state index in [2.05, 4.69) is 5.10 Å². The number of methoxy groups -OCH3 is 1. The Labute approximate surface area is 60.6 Å². The molecule has 0 saturated carbocycles. The van der Waals surface area contributed by atoms with Crippen LogP contribution in [0.5, 0.6) is 0 Å². The molecule has 0 aromatic carbocycles. The minimum Gasteiger partial charge on any atom is -0.383 e. The fourth-order valence-electron chi connectivity index (χ4n) is 0.441. The molecule has 0 fully saturated rings. The molecule has 0 atom stereocenters. The van der Waals surface area contributed by atoms with Crippen LogP contribution in [0, 0.1) is 0 Å². The van der Waals surface area contributed by atoms with Gasteiger partial charge < -0.3 is 21.2 Å². The van der Waals surface area contributed by atoms with Crippen LogP contribution in [0.2, 0.25) is 0 Å². The van der Waals surface area contributed by atoms with Gasteiger partial charge in [-0.2, -0.15) is 0 Å². The Hall–Kier alpha value is -0.970. The number of nitrogens with two attached hydrogens (primary N) is 2. The van der Waals surface area contributed by atoms with Crippen LogP contribution in [-0.4, -0.2) is 38.2 Å². The molecule has 60 valence electrons. The number of ether oxygens (including phenoxy) is 1.